The number of benzene rings is 1. The molecule has 26 heavy (non-hydrogen) atoms. The molecule has 142 valence electrons. The predicted octanol–water partition coefficient (Wildman–Crippen LogP) is 1.20. The first-order chi connectivity index (χ1) is 12.1. The van der Waals surface area contributed by atoms with E-state index >= 15 is 0 Å². The van der Waals surface area contributed by atoms with E-state index in [1.54, 1.807) is 27.7 Å². The second-order valence-corrected chi connectivity index (χ2v) is 7.89. The molecule has 0 fully saturated rings. The number of carbonyl (C=O) groups is 2. The zero-order valence-electron chi connectivity index (χ0n) is 15.2. The summed E-state index contributed by atoms with van der Waals surface area (Å²) in [5, 5.41) is 11.7. The fourth-order valence-corrected chi connectivity index (χ4v) is 2.93. The van der Waals surface area contributed by atoms with Gasteiger partial charge in [-0.15, -0.1) is 0 Å². The number of nitriles is 1. The number of sulfonamides is 1. The lowest BCUT2D eigenvalue weighted by Crippen LogP contribution is -2.50. The van der Waals surface area contributed by atoms with Crippen LogP contribution in [0.4, 0.5) is 0 Å². The normalized spacial score (nSPS) is 13.5. The molecule has 0 aliphatic heterocycles. The molecule has 2 N–H and O–H groups in total. The zero-order chi connectivity index (χ0) is 20.0. The van der Waals surface area contributed by atoms with Crippen LogP contribution >= 0.6 is 0 Å². The molecule has 1 aromatic carbocycles. The van der Waals surface area contributed by atoms with Crippen molar-refractivity contribution in [3.8, 4) is 6.07 Å². The van der Waals surface area contributed by atoms with Gasteiger partial charge in [-0.2, -0.15) is 5.26 Å². The summed E-state index contributed by atoms with van der Waals surface area (Å²) in [5.74, 6) is -1.49. The van der Waals surface area contributed by atoms with Crippen molar-refractivity contribution in [1.29, 1.82) is 5.26 Å². The van der Waals surface area contributed by atoms with Gasteiger partial charge in [0.15, 0.2) is 6.61 Å². The van der Waals surface area contributed by atoms with Gasteiger partial charge in [0.25, 0.3) is 5.91 Å². The Labute approximate surface area is 153 Å². The number of nitrogens with one attached hydrogen (secondary N) is 2. The molecule has 1 rings (SSSR count). The van der Waals surface area contributed by atoms with E-state index in [-0.39, 0.29) is 22.9 Å². The summed E-state index contributed by atoms with van der Waals surface area (Å²) in [4.78, 5) is 23.9. The number of amides is 1. The number of carbonyl (C=O) groups excluding carboxylic acids is 2. The van der Waals surface area contributed by atoms with Crippen molar-refractivity contribution in [1.82, 2.24) is 10.0 Å². The molecule has 0 aliphatic rings. The minimum Gasteiger partial charge on any atom is -0.452 e. The summed E-state index contributed by atoms with van der Waals surface area (Å²) >= 11 is 0. The summed E-state index contributed by atoms with van der Waals surface area (Å²) < 4.78 is 30.9. The van der Waals surface area contributed by atoms with E-state index in [4.69, 9.17) is 10.00 Å². The summed E-state index contributed by atoms with van der Waals surface area (Å²) in [7, 11) is -3.61. The number of rotatable bonds is 8. The van der Waals surface area contributed by atoms with Gasteiger partial charge in [-0.05, 0) is 37.1 Å². The highest BCUT2D eigenvalue weighted by molar-refractivity contribution is 7.89. The highest BCUT2D eigenvalue weighted by atomic mass is 32.2. The number of ether oxygens (including phenoxy) is 1. The molecule has 0 heterocycles. The average Bonchev–Trinajstić information content (AvgIpc) is 2.59. The molecule has 0 spiro atoms. The van der Waals surface area contributed by atoms with Crippen LogP contribution in [0, 0.1) is 17.2 Å². The highest BCUT2D eigenvalue weighted by Gasteiger charge is 2.30. The van der Waals surface area contributed by atoms with Crippen LogP contribution in [0.15, 0.2) is 29.2 Å². The average molecular weight is 381 g/mol. The van der Waals surface area contributed by atoms with Crippen molar-refractivity contribution in [2.45, 2.75) is 38.1 Å². The van der Waals surface area contributed by atoms with Crippen molar-refractivity contribution in [3.63, 3.8) is 0 Å². The minimum atomic E-state index is -3.61. The van der Waals surface area contributed by atoms with Gasteiger partial charge in [-0.1, -0.05) is 20.8 Å². The fraction of sp³-hybridized carbons (Fsp3) is 0.471. The molecule has 1 aromatic rings. The lowest BCUT2D eigenvalue weighted by Gasteiger charge is -2.27. The Kier molecular flexibility index (Phi) is 7.29. The molecule has 0 aliphatic carbocycles. The van der Waals surface area contributed by atoms with Gasteiger partial charge in [-0.25, -0.2) is 17.9 Å². The molecule has 0 saturated carbocycles. The molecule has 0 aromatic heterocycles. The van der Waals surface area contributed by atoms with Crippen LogP contribution in [0.1, 0.15) is 38.1 Å². The molecule has 0 unspecified atom stereocenters. The van der Waals surface area contributed by atoms with Gasteiger partial charge < -0.3 is 10.1 Å². The van der Waals surface area contributed by atoms with Gasteiger partial charge in [0.05, 0.1) is 16.5 Å². The molecule has 1 amide bonds. The summed E-state index contributed by atoms with van der Waals surface area (Å²) in [6.07, 6.45) is 0. The highest BCUT2D eigenvalue weighted by Crippen LogP contribution is 2.15. The quantitative estimate of drug-likeness (QED) is 0.652. The van der Waals surface area contributed by atoms with Gasteiger partial charge in [0.1, 0.15) is 5.54 Å². The maximum atomic E-state index is 12.0. The molecular formula is C17H23N3O5S. The van der Waals surface area contributed by atoms with Gasteiger partial charge in [0.2, 0.25) is 10.0 Å². The van der Waals surface area contributed by atoms with Crippen LogP contribution in [-0.2, 0) is 19.6 Å². The molecule has 9 heteroatoms. The van der Waals surface area contributed by atoms with Crippen molar-refractivity contribution in [2.75, 3.05) is 13.2 Å². The lowest BCUT2D eigenvalue weighted by atomic mass is 9.90. The molecule has 0 radical (unpaired) electrons. The smallest absolute Gasteiger partial charge is 0.338 e. The maximum Gasteiger partial charge on any atom is 0.338 e. The third-order valence-electron chi connectivity index (χ3n) is 3.86. The Bertz CT molecular complexity index is 797. The van der Waals surface area contributed by atoms with Crippen LogP contribution in [0.2, 0.25) is 0 Å². The Balaban J connectivity index is 2.69. The van der Waals surface area contributed by atoms with Crippen LogP contribution in [0.3, 0.4) is 0 Å². The van der Waals surface area contributed by atoms with Crippen molar-refractivity contribution in [3.05, 3.63) is 29.8 Å². The van der Waals surface area contributed by atoms with E-state index in [2.05, 4.69) is 10.0 Å². The van der Waals surface area contributed by atoms with Crippen LogP contribution in [0.5, 0.6) is 0 Å². The van der Waals surface area contributed by atoms with Gasteiger partial charge >= 0.3 is 5.97 Å². The standard InChI is InChI=1S/C17H23N3O5S/c1-5-19-26(23,24)14-8-6-13(7-9-14)16(22)25-10-15(21)20-17(4,11-18)12(2)3/h6-9,12,19H,5,10H2,1-4H3,(H,20,21)/t17-/m0/s1. The zero-order valence-corrected chi connectivity index (χ0v) is 16.0. The van der Waals surface area contributed by atoms with Crippen LogP contribution < -0.4 is 10.0 Å². The lowest BCUT2D eigenvalue weighted by molar-refractivity contribution is -0.125. The van der Waals surface area contributed by atoms with E-state index in [1.165, 1.54) is 24.3 Å². The first-order valence-electron chi connectivity index (χ1n) is 8.05. The molecular weight excluding hydrogens is 358 g/mol. The molecule has 1 atom stereocenters. The third-order valence-corrected chi connectivity index (χ3v) is 5.42. The maximum absolute atomic E-state index is 12.0. The number of nitrogens with zero attached hydrogens (tertiary/aromatic N) is 1. The van der Waals surface area contributed by atoms with Crippen LogP contribution in [0.25, 0.3) is 0 Å². The van der Waals surface area contributed by atoms with E-state index < -0.39 is 34.0 Å². The molecule has 8 nitrogen and oxygen atoms in total. The Morgan fingerprint density at radius 2 is 1.85 bits per heavy atom. The fourth-order valence-electron chi connectivity index (χ4n) is 1.89. The van der Waals surface area contributed by atoms with Gasteiger partial charge in [0, 0.05) is 6.54 Å². The van der Waals surface area contributed by atoms with Crippen LogP contribution in [-0.4, -0.2) is 39.0 Å². The predicted molar refractivity (Wildman–Crippen MR) is 94.6 cm³/mol. The minimum absolute atomic E-state index is 0.0235. The second-order valence-electron chi connectivity index (χ2n) is 6.12. The third kappa shape index (κ3) is 5.54. The summed E-state index contributed by atoms with van der Waals surface area (Å²) in [6, 6.07) is 7.19. The Hall–Kier alpha value is -2.44. The molecule has 0 saturated heterocycles. The van der Waals surface area contributed by atoms with E-state index in [0.29, 0.717) is 0 Å². The summed E-state index contributed by atoms with van der Waals surface area (Å²) in [5.41, 5.74) is -0.952. The first kappa shape index (κ1) is 21.6. The van der Waals surface area contributed by atoms with Crippen molar-refractivity contribution >= 4 is 21.9 Å². The Morgan fingerprint density at radius 1 is 1.27 bits per heavy atom. The largest absolute Gasteiger partial charge is 0.452 e. The van der Waals surface area contributed by atoms with Crippen molar-refractivity contribution in [2.24, 2.45) is 5.92 Å². The van der Waals surface area contributed by atoms with E-state index in [9.17, 15) is 18.0 Å². The number of hydrogen-bond donors (Lipinski definition) is 2. The van der Waals surface area contributed by atoms with Gasteiger partial charge in [-0.3, -0.25) is 4.79 Å². The second kappa shape index (κ2) is 8.78. The number of hydrogen-bond acceptors (Lipinski definition) is 6. The van der Waals surface area contributed by atoms with E-state index in [0.717, 1.165) is 0 Å². The Morgan fingerprint density at radius 3 is 2.31 bits per heavy atom. The molecule has 0 bridgehead atoms. The monoisotopic (exact) mass is 381 g/mol. The first-order valence-corrected chi connectivity index (χ1v) is 9.53. The SMILES string of the molecule is CCNS(=O)(=O)c1ccc(C(=O)OCC(=O)N[C@@](C)(C#N)C(C)C)cc1. The number of esters is 1. The van der Waals surface area contributed by atoms with Crippen molar-refractivity contribution < 1.29 is 22.7 Å². The van der Waals surface area contributed by atoms with E-state index in [1.807, 2.05) is 6.07 Å². The summed E-state index contributed by atoms with van der Waals surface area (Å²) in [6.45, 7) is 6.53. The topological polar surface area (TPSA) is 125 Å².